The van der Waals surface area contributed by atoms with Gasteiger partial charge in [0.15, 0.2) is 0 Å². The number of nitrogens with one attached hydrogen (secondary N) is 1. The van der Waals surface area contributed by atoms with Crippen LogP contribution in [0, 0.1) is 11.8 Å². The highest BCUT2D eigenvalue weighted by atomic mass is 16.6. The molecule has 1 aromatic rings. The summed E-state index contributed by atoms with van der Waals surface area (Å²) in [5, 5.41) is 11.9. The lowest BCUT2D eigenvalue weighted by molar-refractivity contribution is -0.130. The molecular weight excluding hydrogens is 450 g/mol. The zero-order valence-electron chi connectivity index (χ0n) is 20.7. The minimum atomic E-state index is -1.06. The molecule has 9 nitrogen and oxygen atoms in total. The SMILES string of the molecule is CC(C)(C)OC(=O)N1CCC(/C=C/C(=O)N2CCC[C@@H](C(=O)Nc3cccc(C(=O)O)c3)C2)CC1. The highest BCUT2D eigenvalue weighted by molar-refractivity contribution is 5.95. The number of carbonyl (C=O) groups is 4. The van der Waals surface area contributed by atoms with Gasteiger partial charge in [-0.15, -0.1) is 0 Å². The first-order valence-electron chi connectivity index (χ1n) is 12.1. The molecule has 190 valence electrons. The Morgan fingerprint density at radius 2 is 1.77 bits per heavy atom. The van der Waals surface area contributed by atoms with Crippen LogP contribution in [0.5, 0.6) is 0 Å². The predicted molar refractivity (Wildman–Crippen MR) is 131 cm³/mol. The Morgan fingerprint density at radius 3 is 2.43 bits per heavy atom. The summed E-state index contributed by atoms with van der Waals surface area (Å²) in [6, 6.07) is 6.11. The molecule has 2 aliphatic heterocycles. The summed E-state index contributed by atoms with van der Waals surface area (Å²) in [5.41, 5.74) is 0.00711. The maximum absolute atomic E-state index is 12.8. The van der Waals surface area contributed by atoms with Gasteiger partial charge in [-0.1, -0.05) is 12.1 Å². The van der Waals surface area contributed by atoms with Gasteiger partial charge in [0.2, 0.25) is 11.8 Å². The van der Waals surface area contributed by atoms with Gasteiger partial charge in [0.25, 0.3) is 0 Å². The topological polar surface area (TPSA) is 116 Å². The Kier molecular flexibility index (Phi) is 8.53. The van der Waals surface area contributed by atoms with Crippen molar-refractivity contribution in [3.05, 3.63) is 42.0 Å². The van der Waals surface area contributed by atoms with E-state index < -0.39 is 11.6 Å². The fourth-order valence-electron chi connectivity index (χ4n) is 4.29. The second-order valence-corrected chi connectivity index (χ2v) is 10.2. The number of aromatic carboxylic acids is 1. The monoisotopic (exact) mass is 485 g/mol. The molecule has 9 heteroatoms. The highest BCUT2D eigenvalue weighted by Gasteiger charge is 2.29. The van der Waals surface area contributed by atoms with Crippen molar-refractivity contribution in [1.82, 2.24) is 9.80 Å². The number of anilines is 1. The summed E-state index contributed by atoms with van der Waals surface area (Å²) in [6.07, 6.45) is 6.12. The van der Waals surface area contributed by atoms with Crippen LogP contribution in [0.3, 0.4) is 0 Å². The first kappa shape index (κ1) is 26.2. The smallest absolute Gasteiger partial charge is 0.410 e. The molecule has 0 saturated carbocycles. The number of amides is 3. The average molecular weight is 486 g/mol. The van der Waals surface area contributed by atoms with E-state index in [1.165, 1.54) is 12.1 Å². The van der Waals surface area contributed by atoms with Crippen molar-refractivity contribution in [3.63, 3.8) is 0 Å². The summed E-state index contributed by atoms with van der Waals surface area (Å²) in [7, 11) is 0. The van der Waals surface area contributed by atoms with E-state index >= 15 is 0 Å². The van der Waals surface area contributed by atoms with Gasteiger partial charge in [0, 0.05) is 31.9 Å². The van der Waals surface area contributed by atoms with Crippen molar-refractivity contribution < 1.29 is 29.0 Å². The number of carbonyl (C=O) groups excluding carboxylic acids is 3. The molecule has 0 aromatic heterocycles. The molecule has 35 heavy (non-hydrogen) atoms. The third-order valence-corrected chi connectivity index (χ3v) is 6.18. The molecule has 3 amide bonds. The van der Waals surface area contributed by atoms with Crippen molar-refractivity contribution in [2.75, 3.05) is 31.5 Å². The quantitative estimate of drug-likeness (QED) is 0.614. The van der Waals surface area contributed by atoms with Crippen LogP contribution in [0.4, 0.5) is 10.5 Å². The predicted octanol–water partition coefficient (Wildman–Crippen LogP) is 3.77. The van der Waals surface area contributed by atoms with Crippen LogP contribution in [0.15, 0.2) is 36.4 Å². The molecule has 2 aliphatic rings. The maximum atomic E-state index is 12.8. The first-order valence-corrected chi connectivity index (χ1v) is 12.1. The van der Waals surface area contributed by atoms with E-state index in [1.54, 1.807) is 28.0 Å². The molecule has 1 aromatic carbocycles. The lowest BCUT2D eigenvalue weighted by atomic mass is 9.95. The van der Waals surface area contributed by atoms with E-state index in [1.807, 2.05) is 26.8 Å². The van der Waals surface area contributed by atoms with Crippen molar-refractivity contribution >= 4 is 29.6 Å². The average Bonchev–Trinajstić information content (AvgIpc) is 2.82. The Morgan fingerprint density at radius 1 is 1.06 bits per heavy atom. The van der Waals surface area contributed by atoms with E-state index in [-0.39, 0.29) is 35.3 Å². The van der Waals surface area contributed by atoms with E-state index in [4.69, 9.17) is 9.84 Å². The third kappa shape index (κ3) is 7.83. The fraction of sp³-hybridized carbons (Fsp3) is 0.538. The number of nitrogens with zero attached hydrogens (tertiary/aromatic N) is 2. The van der Waals surface area contributed by atoms with E-state index in [0.717, 1.165) is 19.3 Å². The van der Waals surface area contributed by atoms with Gasteiger partial charge in [-0.2, -0.15) is 0 Å². The van der Waals surface area contributed by atoms with Crippen molar-refractivity contribution in [1.29, 1.82) is 0 Å². The number of piperidine rings is 2. The van der Waals surface area contributed by atoms with Crippen LogP contribution in [-0.4, -0.2) is 70.6 Å². The van der Waals surface area contributed by atoms with Crippen molar-refractivity contribution in [2.45, 2.75) is 52.1 Å². The lowest BCUT2D eigenvalue weighted by Crippen LogP contribution is -2.43. The van der Waals surface area contributed by atoms with E-state index in [2.05, 4.69) is 5.32 Å². The Hall–Kier alpha value is -3.36. The number of hydrogen-bond acceptors (Lipinski definition) is 5. The van der Waals surface area contributed by atoms with Gasteiger partial charge in [0.05, 0.1) is 11.5 Å². The number of hydrogen-bond donors (Lipinski definition) is 2. The van der Waals surface area contributed by atoms with Crippen LogP contribution in [0.1, 0.15) is 56.8 Å². The first-order chi connectivity index (χ1) is 16.5. The minimum Gasteiger partial charge on any atom is -0.478 e. The van der Waals surface area contributed by atoms with Crippen LogP contribution in [0.2, 0.25) is 0 Å². The summed E-state index contributed by atoms with van der Waals surface area (Å²) >= 11 is 0. The van der Waals surface area contributed by atoms with Crippen LogP contribution in [-0.2, 0) is 14.3 Å². The number of likely N-dealkylation sites (tertiary alicyclic amines) is 2. The van der Waals surface area contributed by atoms with E-state index in [0.29, 0.717) is 38.3 Å². The van der Waals surface area contributed by atoms with Gasteiger partial charge in [-0.05, 0) is 76.6 Å². The van der Waals surface area contributed by atoms with Crippen LogP contribution < -0.4 is 5.32 Å². The number of ether oxygens (including phenoxy) is 1. The molecule has 0 spiro atoms. The molecule has 2 fully saturated rings. The summed E-state index contributed by atoms with van der Waals surface area (Å²) in [5.74, 6) is -1.54. The lowest BCUT2D eigenvalue weighted by Gasteiger charge is -2.33. The van der Waals surface area contributed by atoms with Gasteiger partial charge in [-0.25, -0.2) is 9.59 Å². The Balaban J connectivity index is 1.48. The molecule has 2 N–H and O–H groups in total. The Labute approximate surface area is 206 Å². The normalized spacial score (nSPS) is 19.5. The summed E-state index contributed by atoms with van der Waals surface area (Å²) < 4.78 is 5.42. The maximum Gasteiger partial charge on any atom is 0.410 e. The minimum absolute atomic E-state index is 0.102. The third-order valence-electron chi connectivity index (χ3n) is 6.18. The fourth-order valence-corrected chi connectivity index (χ4v) is 4.29. The zero-order valence-corrected chi connectivity index (χ0v) is 20.7. The second kappa shape index (κ2) is 11.4. The molecule has 2 saturated heterocycles. The standard InChI is InChI=1S/C26H35N3O6/c1-26(2,3)35-25(34)28-14-11-18(12-15-28)9-10-22(30)29-13-5-7-20(17-29)23(31)27-21-8-4-6-19(16-21)24(32)33/h4,6,8-10,16,18,20H,5,7,11-15,17H2,1-3H3,(H,27,31)(H,32,33)/b10-9+/t20-/m1/s1. The number of allylic oxidation sites excluding steroid dienone is 1. The van der Waals surface area contributed by atoms with E-state index in [9.17, 15) is 19.2 Å². The highest BCUT2D eigenvalue weighted by Crippen LogP contribution is 2.22. The number of carboxylic acid groups (broad SMARTS) is 1. The Bertz CT molecular complexity index is 976. The molecule has 0 unspecified atom stereocenters. The van der Waals surface area contributed by atoms with Gasteiger partial charge in [0.1, 0.15) is 5.60 Å². The summed E-state index contributed by atoms with van der Waals surface area (Å²) in [4.78, 5) is 52.3. The molecule has 3 rings (SSSR count). The zero-order chi connectivity index (χ0) is 25.6. The molecule has 0 bridgehead atoms. The number of benzene rings is 1. The van der Waals surface area contributed by atoms with Gasteiger partial charge < -0.3 is 25.0 Å². The summed E-state index contributed by atoms with van der Waals surface area (Å²) in [6.45, 7) is 7.64. The number of rotatable bonds is 5. The van der Waals surface area contributed by atoms with Crippen molar-refractivity contribution in [2.24, 2.45) is 11.8 Å². The second-order valence-electron chi connectivity index (χ2n) is 10.2. The van der Waals surface area contributed by atoms with Crippen LogP contribution in [0.25, 0.3) is 0 Å². The molecule has 0 radical (unpaired) electrons. The van der Waals surface area contributed by atoms with Gasteiger partial charge in [-0.3, -0.25) is 9.59 Å². The molecule has 1 atom stereocenters. The molecule has 0 aliphatic carbocycles. The largest absolute Gasteiger partial charge is 0.478 e. The van der Waals surface area contributed by atoms with Crippen LogP contribution >= 0.6 is 0 Å². The van der Waals surface area contributed by atoms with Crippen molar-refractivity contribution in [3.8, 4) is 0 Å². The molecular formula is C26H35N3O6. The number of carboxylic acids is 1. The molecule has 2 heterocycles. The van der Waals surface area contributed by atoms with Gasteiger partial charge >= 0.3 is 12.1 Å².